The molecule has 0 aromatic rings. The summed E-state index contributed by atoms with van der Waals surface area (Å²) in [5, 5.41) is 9.19. The largest absolute Gasteiger partial charge is 0.356 e. The summed E-state index contributed by atoms with van der Waals surface area (Å²) in [7, 11) is 0. The number of carbonyl (C=O) groups excluding carboxylic acids is 2. The van der Waals surface area contributed by atoms with Gasteiger partial charge in [0.15, 0.2) is 0 Å². The van der Waals surface area contributed by atoms with Crippen LogP contribution in [-0.4, -0.2) is 37.0 Å². The highest BCUT2D eigenvalue weighted by atomic mass is 16.2. The number of nitrogens with one attached hydrogen (secondary N) is 3. The highest BCUT2D eigenvalue weighted by molar-refractivity contribution is 5.86. The molecule has 0 bridgehead atoms. The second-order valence-corrected chi connectivity index (χ2v) is 6.61. The zero-order valence-corrected chi connectivity index (χ0v) is 15.8. The van der Waals surface area contributed by atoms with E-state index in [4.69, 9.17) is 0 Å². The monoisotopic (exact) mass is 327 g/mol. The normalized spacial score (nSPS) is 11.6. The molecule has 0 aliphatic carbocycles. The lowest BCUT2D eigenvalue weighted by atomic mass is 9.91. The van der Waals surface area contributed by atoms with Gasteiger partial charge in [-0.3, -0.25) is 9.59 Å². The number of hydrogen-bond acceptors (Lipinski definition) is 3. The van der Waals surface area contributed by atoms with Crippen LogP contribution in [0.5, 0.6) is 0 Å². The van der Waals surface area contributed by atoms with Gasteiger partial charge in [0.1, 0.15) is 0 Å². The molecule has 23 heavy (non-hydrogen) atoms. The summed E-state index contributed by atoms with van der Waals surface area (Å²) in [6.45, 7) is 12.4. The highest BCUT2D eigenvalue weighted by Gasteiger charge is 2.33. The van der Waals surface area contributed by atoms with Gasteiger partial charge in [-0.05, 0) is 44.6 Å². The minimum absolute atomic E-state index is 0.00404. The topological polar surface area (TPSA) is 70.2 Å². The van der Waals surface area contributed by atoms with Crippen LogP contribution in [0.25, 0.3) is 0 Å². The van der Waals surface area contributed by atoms with Gasteiger partial charge in [-0.15, -0.1) is 0 Å². The maximum atomic E-state index is 12.5. The second kappa shape index (κ2) is 12.3. The third-order valence-electron chi connectivity index (χ3n) is 4.27. The molecule has 0 heterocycles. The molecule has 0 atom stereocenters. The van der Waals surface area contributed by atoms with E-state index in [1.54, 1.807) is 0 Å². The van der Waals surface area contributed by atoms with Crippen LogP contribution in [0.2, 0.25) is 0 Å². The molecule has 5 nitrogen and oxygen atoms in total. The SMILES string of the molecule is CCCNC(=O)CCNC(=O)C(CC)(CC)NCCCC(C)C. The minimum atomic E-state index is -0.517. The van der Waals surface area contributed by atoms with Crippen LogP contribution >= 0.6 is 0 Å². The standard InChI is InChI=1S/C18H37N3O2/c1-6-12-19-16(22)11-14-20-17(23)18(7-2,8-3)21-13-9-10-15(4)5/h15,21H,6-14H2,1-5H3,(H,19,22)(H,20,23). The number of amides is 2. The third kappa shape index (κ3) is 8.94. The Kier molecular flexibility index (Phi) is 11.7. The van der Waals surface area contributed by atoms with Crippen molar-refractivity contribution in [2.45, 2.75) is 78.7 Å². The molecule has 3 N–H and O–H groups in total. The van der Waals surface area contributed by atoms with E-state index in [-0.39, 0.29) is 11.8 Å². The van der Waals surface area contributed by atoms with Gasteiger partial charge >= 0.3 is 0 Å². The van der Waals surface area contributed by atoms with Gasteiger partial charge < -0.3 is 16.0 Å². The number of hydrogen-bond donors (Lipinski definition) is 3. The van der Waals surface area contributed by atoms with Crippen LogP contribution in [0.4, 0.5) is 0 Å². The predicted octanol–water partition coefficient (Wildman–Crippen LogP) is 2.60. The maximum absolute atomic E-state index is 12.5. The molecule has 0 rings (SSSR count). The van der Waals surface area contributed by atoms with E-state index in [0.29, 0.717) is 25.4 Å². The minimum Gasteiger partial charge on any atom is -0.356 e. The summed E-state index contributed by atoms with van der Waals surface area (Å²) in [5.74, 6) is 0.691. The summed E-state index contributed by atoms with van der Waals surface area (Å²) in [6.07, 6.45) is 5.00. The Morgan fingerprint density at radius 1 is 0.957 bits per heavy atom. The van der Waals surface area contributed by atoms with Crippen molar-refractivity contribution < 1.29 is 9.59 Å². The lowest BCUT2D eigenvalue weighted by Gasteiger charge is -2.32. The molecule has 0 spiro atoms. The maximum Gasteiger partial charge on any atom is 0.240 e. The highest BCUT2D eigenvalue weighted by Crippen LogP contribution is 2.16. The first-order valence-corrected chi connectivity index (χ1v) is 9.21. The first-order chi connectivity index (χ1) is 10.9. The van der Waals surface area contributed by atoms with Gasteiger partial charge in [0.25, 0.3) is 0 Å². The Morgan fingerprint density at radius 3 is 2.13 bits per heavy atom. The van der Waals surface area contributed by atoms with Gasteiger partial charge in [0.2, 0.25) is 11.8 Å². The Hall–Kier alpha value is -1.10. The first-order valence-electron chi connectivity index (χ1n) is 9.21. The van der Waals surface area contributed by atoms with E-state index in [9.17, 15) is 9.59 Å². The summed E-state index contributed by atoms with van der Waals surface area (Å²) >= 11 is 0. The quantitative estimate of drug-likeness (QED) is 0.455. The van der Waals surface area contributed by atoms with Gasteiger partial charge in [-0.25, -0.2) is 0 Å². The zero-order chi connectivity index (χ0) is 17.7. The van der Waals surface area contributed by atoms with E-state index in [1.165, 1.54) is 0 Å². The lowest BCUT2D eigenvalue weighted by Crippen LogP contribution is -2.56. The summed E-state index contributed by atoms with van der Waals surface area (Å²) in [4.78, 5) is 24.1. The van der Waals surface area contributed by atoms with Gasteiger partial charge in [-0.2, -0.15) is 0 Å². The van der Waals surface area contributed by atoms with Crippen molar-refractivity contribution in [2.75, 3.05) is 19.6 Å². The molecule has 0 aliphatic heterocycles. The molecule has 0 saturated carbocycles. The van der Waals surface area contributed by atoms with Crippen molar-refractivity contribution in [2.24, 2.45) is 5.92 Å². The van der Waals surface area contributed by atoms with Crippen LogP contribution in [0, 0.1) is 5.92 Å². The van der Waals surface area contributed by atoms with Crippen LogP contribution in [0.15, 0.2) is 0 Å². The summed E-state index contributed by atoms with van der Waals surface area (Å²) in [5.41, 5.74) is -0.517. The molecule has 2 amide bonds. The van der Waals surface area contributed by atoms with E-state index in [2.05, 4.69) is 29.8 Å². The van der Waals surface area contributed by atoms with E-state index < -0.39 is 5.54 Å². The average molecular weight is 328 g/mol. The molecule has 136 valence electrons. The van der Waals surface area contributed by atoms with Crippen molar-refractivity contribution in [3.05, 3.63) is 0 Å². The van der Waals surface area contributed by atoms with Crippen molar-refractivity contribution in [1.29, 1.82) is 0 Å². The van der Waals surface area contributed by atoms with Crippen molar-refractivity contribution in [3.63, 3.8) is 0 Å². The fraction of sp³-hybridized carbons (Fsp3) is 0.889. The molecule has 0 aliphatic rings. The Labute approximate surface area is 142 Å². The van der Waals surface area contributed by atoms with Crippen molar-refractivity contribution in [1.82, 2.24) is 16.0 Å². The van der Waals surface area contributed by atoms with Gasteiger partial charge in [0.05, 0.1) is 5.54 Å². The predicted molar refractivity (Wildman–Crippen MR) is 96.3 cm³/mol. The Morgan fingerprint density at radius 2 is 1.61 bits per heavy atom. The van der Waals surface area contributed by atoms with E-state index >= 15 is 0 Å². The van der Waals surface area contributed by atoms with Crippen LogP contribution in [-0.2, 0) is 9.59 Å². The number of carbonyl (C=O) groups is 2. The summed E-state index contributed by atoms with van der Waals surface area (Å²) < 4.78 is 0. The molecule has 5 heteroatoms. The molecule has 0 aromatic heterocycles. The molecule has 0 saturated heterocycles. The fourth-order valence-electron chi connectivity index (χ4n) is 2.55. The molecule has 0 radical (unpaired) electrons. The Bertz CT molecular complexity index is 339. The van der Waals surface area contributed by atoms with Crippen LogP contribution in [0.1, 0.15) is 73.1 Å². The van der Waals surface area contributed by atoms with Crippen LogP contribution < -0.4 is 16.0 Å². The van der Waals surface area contributed by atoms with Gasteiger partial charge in [0, 0.05) is 19.5 Å². The fourth-order valence-corrected chi connectivity index (χ4v) is 2.55. The van der Waals surface area contributed by atoms with Gasteiger partial charge in [-0.1, -0.05) is 34.6 Å². The molecular weight excluding hydrogens is 290 g/mol. The molecular formula is C18H37N3O2. The zero-order valence-electron chi connectivity index (χ0n) is 15.8. The summed E-state index contributed by atoms with van der Waals surface area (Å²) in [6, 6.07) is 0. The third-order valence-corrected chi connectivity index (χ3v) is 4.27. The van der Waals surface area contributed by atoms with Crippen molar-refractivity contribution >= 4 is 11.8 Å². The molecule has 0 fully saturated rings. The first kappa shape index (κ1) is 21.9. The Balaban J connectivity index is 4.29. The van der Waals surface area contributed by atoms with Crippen LogP contribution in [0.3, 0.4) is 0 Å². The van der Waals surface area contributed by atoms with E-state index in [0.717, 1.165) is 38.6 Å². The smallest absolute Gasteiger partial charge is 0.240 e. The lowest BCUT2D eigenvalue weighted by molar-refractivity contribution is -0.128. The molecule has 0 aromatic carbocycles. The number of rotatable bonds is 13. The second-order valence-electron chi connectivity index (χ2n) is 6.61. The van der Waals surface area contributed by atoms with Crippen molar-refractivity contribution in [3.8, 4) is 0 Å². The molecule has 0 unspecified atom stereocenters. The average Bonchev–Trinajstić information content (AvgIpc) is 2.53. The van der Waals surface area contributed by atoms with E-state index in [1.807, 2.05) is 20.8 Å².